The number of nitrogens with zero attached hydrogens (tertiary/aromatic N) is 1. The van der Waals surface area contributed by atoms with Gasteiger partial charge in [0.05, 0.1) is 25.4 Å². The van der Waals surface area contributed by atoms with Crippen molar-refractivity contribution in [2.24, 2.45) is 5.92 Å². The fourth-order valence-corrected chi connectivity index (χ4v) is 1.94. The van der Waals surface area contributed by atoms with Crippen LogP contribution >= 0.6 is 0 Å². The van der Waals surface area contributed by atoms with Crippen molar-refractivity contribution >= 4 is 23.2 Å². The molecule has 7 heteroatoms. The molecule has 7 nitrogen and oxygen atoms in total. The lowest BCUT2D eigenvalue weighted by atomic mass is 9.90. The van der Waals surface area contributed by atoms with Crippen LogP contribution in [0, 0.1) is 17.2 Å². The molecule has 0 radical (unpaired) electrons. The molecule has 1 aromatic carbocycles. The Balaban J connectivity index is 2.80. The van der Waals surface area contributed by atoms with Crippen LogP contribution in [0.1, 0.15) is 27.7 Å². The van der Waals surface area contributed by atoms with Gasteiger partial charge in [-0.3, -0.25) is 9.59 Å². The van der Waals surface area contributed by atoms with Crippen molar-refractivity contribution in [2.45, 2.75) is 33.2 Å². The van der Waals surface area contributed by atoms with Gasteiger partial charge in [0.1, 0.15) is 11.3 Å². The van der Waals surface area contributed by atoms with Crippen molar-refractivity contribution < 1.29 is 14.3 Å². The minimum absolute atomic E-state index is 0.0239. The molecule has 1 unspecified atom stereocenters. The van der Waals surface area contributed by atoms with Crippen LogP contribution in [0.15, 0.2) is 18.2 Å². The minimum atomic E-state index is -0.930. The monoisotopic (exact) mass is 332 g/mol. The first-order chi connectivity index (χ1) is 11.2. The molecule has 0 aliphatic rings. The molecule has 3 N–H and O–H groups in total. The molecule has 130 valence electrons. The second-order valence-electron chi connectivity index (χ2n) is 5.97. The normalized spacial score (nSPS) is 12.7. The molecule has 0 saturated carbocycles. The summed E-state index contributed by atoms with van der Waals surface area (Å²) in [7, 11) is 1.52. The quantitative estimate of drug-likeness (QED) is 0.709. The summed E-state index contributed by atoms with van der Waals surface area (Å²) in [6.07, 6.45) is 0. The van der Waals surface area contributed by atoms with Gasteiger partial charge in [-0.25, -0.2) is 0 Å². The number of nitrogens with one attached hydrogen (secondary N) is 3. The molecule has 0 bridgehead atoms. The Kier molecular flexibility index (Phi) is 6.59. The van der Waals surface area contributed by atoms with Gasteiger partial charge in [0.25, 0.3) is 0 Å². The predicted octanol–water partition coefficient (Wildman–Crippen LogP) is 2.12. The number of benzene rings is 1. The molecular weight excluding hydrogens is 308 g/mol. The Morgan fingerprint density at radius 1 is 1.38 bits per heavy atom. The third-order valence-corrected chi connectivity index (χ3v) is 3.75. The molecule has 1 aromatic rings. The molecule has 0 fully saturated rings. The molecule has 0 saturated heterocycles. The first kappa shape index (κ1) is 19.3. The van der Waals surface area contributed by atoms with Crippen molar-refractivity contribution in [1.82, 2.24) is 5.32 Å². The summed E-state index contributed by atoms with van der Waals surface area (Å²) in [6.45, 7) is 6.82. The second kappa shape index (κ2) is 8.20. The van der Waals surface area contributed by atoms with Crippen LogP contribution in [0.3, 0.4) is 0 Å². The Morgan fingerprint density at radius 3 is 2.54 bits per heavy atom. The summed E-state index contributed by atoms with van der Waals surface area (Å²) in [6, 6.07) is 7.21. The average molecular weight is 332 g/mol. The molecule has 0 aromatic heterocycles. The Bertz CT molecular complexity index is 652. The van der Waals surface area contributed by atoms with E-state index >= 15 is 0 Å². The zero-order valence-corrected chi connectivity index (χ0v) is 14.7. The van der Waals surface area contributed by atoms with Crippen molar-refractivity contribution in [1.29, 1.82) is 5.26 Å². The highest BCUT2D eigenvalue weighted by Crippen LogP contribution is 2.27. The molecule has 1 rings (SSSR count). The molecule has 0 heterocycles. The molecule has 1 atom stereocenters. The number of hydrogen-bond acceptors (Lipinski definition) is 5. The highest BCUT2D eigenvalue weighted by molar-refractivity contribution is 5.90. The number of anilines is 2. The third-order valence-electron chi connectivity index (χ3n) is 3.75. The van der Waals surface area contributed by atoms with Crippen LogP contribution in [0.5, 0.6) is 5.75 Å². The van der Waals surface area contributed by atoms with E-state index in [0.717, 1.165) is 0 Å². The van der Waals surface area contributed by atoms with Gasteiger partial charge < -0.3 is 20.7 Å². The van der Waals surface area contributed by atoms with Crippen LogP contribution < -0.4 is 20.7 Å². The maximum atomic E-state index is 12.1. The van der Waals surface area contributed by atoms with Gasteiger partial charge in [-0.1, -0.05) is 13.8 Å². The summed E-state index contributed by atoms with van der Waals surface area (Å²) in [4.78, 5) is 23.3. The van der Waals surface area contributed by atoms with Gasteiger partial charge in [-0.05, 0) is 31.0 Å². The molecule has 2 amide bonds. The Morgan fingerprint density at radius 2 is 2.04 bits per heavy atom. The number of ether oxygens (including phenoxy) is 1. The smallest absolute Gasteiger partial charge is 0.240 e. The zero-order valence-electron chi connectivity index (χ0n) is 14.7. The van der Waals surface area contributed by atoms with E-state index in [-0.39, 0.29) is 24.3 Å². The lowest BCUT2D eigenvalue weighted by Crippen LogP contribution is -2.50. The number of methoxy groups -OCH3 is 1. The Hall–Kier alpha value is -2.75. The van der Waals surface area contributed by atoms with E-state index in [1.54, 1.807) is 25.1 Å². The molecular formula is C17H24N4O3. The number of carbonyl (C=O) groups is 2. The van der Waals surface area contributed by atoms with Crippen LogP contribution in [-0.2, 0) is 9.59 Å². The largest absolute Gasteiger partial charge is 0.495 e. The van der Waals surface area contributed by atoms with Gasteiger partial charge in [0.2, 0.25) is 11.8 Å². The van der Waals surface area contributed by atoms with Gasteiger partial charge in [-0.2, -0.15) is 5.26 Å². The molecule has 0 aliphatic carbocycles. The lowest BCUT2D eigenvalue weighted by molar-refractivity contribution is -0.121. The summed E-state index contributed by atoms with van der Waals surface area (Å²) >= 11 is 0. The number of hydrogen-bond donors (Lipinski definition) is 3. The van der Waals surface area contributed by atoms with Crippen molar-refractivity contribution in [3.05, 3.63) is 18.2 Å². The van der Waals surface area contributed by atoms with Gasteiger partial charge in [0.15, 0.2) is 0 Å². The standard InChI is InChI=1S/C17H24N4O3/c1-11(2)17(4,10-18)21-16(23)9-19-14-8-13(20-12(3)22)6-7-15(14)24-5/h6-8,11,19H,9H2,1-5H3,(H,20,22)(H,21,23). The Labute approximate surface area is 142 Å². The SMILES string of the molecule is COc1ccc(NC(C)=O)cc1NCC(=O)NC(C)(C#N)C(C)C. The van der Waals surface area contributed by atoms with Crippen LogP contribution in [-0.4, -0.2) is 31.0 Å². The maximum absolute atomic E-state index is 12.1. The fourth-order valence-electron chi connectivity index (χ4n) is 1.94. The van der Waals surface area contributed by atoms with Crippen molar-refractivity contribution in [3.8, 4) is 11.8 Å². The number of amides is 2. The minimum Gasteiger partial charge on any atom is -0.495 e. The first-order valence-electron chi connectivity index (χ1n) is 7.63. The van der Waals surface area contributed by atoms with Gasteiger partial charge in [0, 0.05) is 12.6 Å². The lowest BCUT2D eigenvalue weighted by Gasteiger charge is -2.27. The van der Waals surface area contributed by atoms with E-state index in [1.165, 1.54) is 14.0 Å². The number of nitriles is 1. The first-order valence-corrected chi connectivity index (χ1v) is 7.63. The molecule has 0 aliphatic heterocycles. The van der Waals surface area contributed by atoms with Gasteiger partial charge in [-0.15, -0.1) is 0 Å². The van der Waals surface area contributed by atoms with E-state index in [2.05, 4.69) is 22.0 Å². The third kappa shape index (κ3) is 5.16. The summed E-state index contributed by atoms with van der Waals surface area (Å²) in [5.41, 5.74) is 0.235. The van der Waals surface area contributed by atoms with E-state index in [0.29, 0.717) is 17.1 Å². The highest BCUT2D eigenvalue weighted by atomic mass is 16.5. The zero-order chi connectivity index (χ0) is 18.3. The van der Waals surface area contributed by atoms with Crippen LogP contribution in [0.2, 0.25) is 0 Å². The van der Waals surface area contributed by atoms with E-state index in [9.17, 15) is 14.9 Å². The van der Waals surface area contributed by atoms with Crippen LogP contribution in [0.25, 0.3) is 0 Å². The molecule has 0 spiro atoms. The van der Waals surface area contributed by atoms with E-state index in [4.69, 9.17) is 4.74 Å². The average Bonchev–Trinajstić information content (AvgIpc) is 2.52. The van der Waals surface area contributed by atoms with Crippen molar-refractivity contribution in [3.63, 3.8) is 0 Å². The van der Waals surface area contributed by atoms with E-state index in [1.807, 2.05) is 13.8 Å². The molecule has 24 heavy (non-hydrogen) atoms. The highest BCUT2D eigenvalue weighted by Gasteiger charge is 2.29. The van der Waals surface area contributed by atoms with Crippen molar-refractivity contribution in [2.75, 3.05) is 24.3 Å². The summed E-state index contributed by atoms with van der Waals surface area (Å²) < 4.78 is 5.24. The number of carbonyl (C=O) groups excluding carboxylic acids is 2. The predicted molar refractivity (Wildman–Crippen MR) is 92.8 cm³/mol. The van der Waals surface area contributed by atoms with Gasteiger partial charge >= 0.3 is 0 Å². The van der Waals surface area contributed by atoms with E-state index < -0.39 is 5.54 Å². The van der Waals surface area contributed by atoms with Crippen LogP contribution in [0.4, 0.5) is 11.4 Å². The topological polar surface area (TPSA) is 103 Å². The number of rotatable bonds is 7. The summed E-state index contributed by atoms with van der Waals surface area (Å²) in [5.74, 6) is 0.0261. The fraction of sp³-hybridized carbons (Fsp3) is 0.471. The summed E-state index contributed by atoms with van der Waals surface area (Å²) in [5, 5.41) is 17.6. The second-order valence-corrected chi connectivity index (χ2v) is 5.97. The maximum Gasteiger partial charge on any atom is 0.240 e.